The van der Waals surface area contributed by atoms with Gasteiger partial charge in [0.25, 0.3) is 0 Å². The van der Waals surface area contributed by atoms with E-state index in [9.17, 15) is 10.1 Å². The Morgan fingerprint density at radius 3 is 2.95 bits per heavy atom. The Bertz CT molecular complexity index is 634. The van der Waals surface area contributed by atoms with Crippen LogP contribution in [0.15, 0.2) is 33.9 Å². The van der Waals surface area contributed by atoms with Crippen LogP contribution in [0.1, 0.15) is 17.1 Å². The van der Waals surface area contributed by atoms with Gasteiger partial charge in [0.1, 0.15) is 11.5 Å². The zero-order chi connectivity index (χ0) is 13.8. The maximum absolute atomic E-state index is 10.8. The molecule has 2 aromatic heterocycles. The highest BCUT2D eigenvalue weighted by atomic mass is 16.6. The normalized spacial score (nSPS) is 10.8. The molecule has 7 heteroatoms. The molecular weight excluding hydrogens is 248 g/mol. The Morgan fingerprint density at radius 1 is 1.53 bits per heavy atom. The van der Waals surface area contributed by atoms with Gasteiger partial charge in [0.15, 0.2) is 0 Å². The first kappa shape index (κ1) is 12.7. The molecule has 0 bridgehead atoms. The highest BCUT2D eigenvalue weighted by Gasteiger charge is 2.12. The van der Waals surface area contributed by atoms with Crippen molar-refractivity contribution in [3.05, 3.63) is 51.6 Å². The molecule has 7 nitrogen and oxygen atoms in total. The molecule has 2 aromatic rings. The molecule has 0 aliphatic heterocycles. The second kappa shape index (κ2) is 5.30. The number of hydrogen-bond acceptors (Lipinski definition) is 6. The smallest absolute Gasteiger partial charge is 0.313 e. The molecule has 0 saturated heterocycles. The lowest BCUT2D eigenvalue weighted by molar-refractivity contribution is -0.384. The van der Waals surface area contributed by atoms with E-state index in [4.69, 9.17) is 4.42 Å². The van der Waals surface area contributed by atoms with E-state index >= 15 is 0 Å². The maximum Gasteiger partial charge on any atom is 0.313 e. The Kier molecular flexibility index (Phi) is 3.56. The standard InChI is InChI=1S/C12H12N4O3/c1-8-6-10(9(2)19-8)7-14-15-12-11(16(17)18)4-3-5-13-12/h3-7H,1-2H3,(H,13,15)/b14-7+. The van der Waals surface area contributed by atoms with E-state index in [1.165, 1.54) is 24.5 Å². The summed E-state index contributed by atoms with van der Waals surface area (Å²) in [7, 11) is 0. The van der Waals surface area contributed by atoms with Gasteiger partial charge in [-0.05, 0) is 26.0 Å². The molecule has 2 heterocycles. The summed E-state index contributed by atoms with van der Waals surface area (Å²) in [6.45, 7) is 3.65. The summed E-state index contributed by atoms with van der Waals surface area (Å²) in [5, 5.41) is 14.7. The molecule has 0 unspecified atom stereocenters. The maximum atomic E-state index is 10.8. The molecule has 0 aliphatic rings. The lowest BCUT2D eigenvalue weighted by Crippen LogP contribution is -1.98. The second-order valence-electron chi connectivity index (χ2n) is 3.87. The van der Waals surface area contributed by atoms with Gasteiger partial charge in [-0.15, -0.1) is 0 Å². The number of anilines is 1. The number of nitrogens with zero attached hydrogens (tertiary/aromatic N) is 3. The van der Waals surface area contributed by atoms with Gasteiger partial charge in [-0.25, -0.2) is 4.98 Å². The van der Waals surface area contributed by atoms with Crippen LogP contribution in [0.25, 0.3) is 0 Å². The van der Waals surface area contributed by atoms with Gasteiger partial charge in [-0.3, -0.25) is 15.5 Å². The van der Waals surface area contributed by atoms with E-state index in [2.05, 4.69) is 15.5 Å². The van der Waals surface area contributed by atoms with Crippen LogP contribution in [0.5, 0.6) is 0 Å². The summed E-state index contributed by atoms with van der Waals surface area (Å²) in [6.07, 6.45) is 2.99. The van der Waals surface area contributed by atoms with Crippen LogP contribution in [-0.4, -0.2) is 16.1 Å². The van der Waals surface area contributed by atoms with Crippen molar-refractivity contribution in [1.29, 1.82) is 0 Å². The van der Waals surface area contributed by atoms with Crippen molar-refractivity contribution in [3.8, 4) is 0 Å². The van der Waals surface area contributed by atoms with Gasteiger partial charge in [0, 0.05) is 17.8 Å². The fraction of sp³-hybridized carbons (Fsp3) is 0.167. The summed E-state index contributed by atoms with van der Waals surface area (Å²) >= 11 is 0. The number of pyridine rings is 1. The first-order valence-electron chi connectivity index (χ1n) is 5.53. The molecule has 2 rings (SSSR count). The largest absolute Gasteiger partial charge is 0.466 e. The Balaban J connectivity index is 2.15. The molecule has 19 heavy (non-hydrogen) atoms. The van der Waals surface area contributed by atoms with Crippen molar-refractivity contribution >= 4 is 17.7 Å². The molecule has 0 aromatic carbocycles. The van der Waals surface area contributed by atoms with E-state index in [1.54, 1.807) is 0 Å². The minimum atomic E-state index is -0.516. The zero-order valence-electron chi connectivity index (χ0n) is 10.5. The molecule has 0 amide bonds. The average Bonchev–Trinajstić information content (AvgIpc) is 2.68. The van der Waals surface area contributed by atoms with Crippen LogP contribution in [0, 0.1) is 24.0 Å². The summed E-state index contributed by atoms with van der Waals surface area (Å²) in [6, 6.07) is 4.68. The molecule has 0 atom stereocenters. The number of nitro groups is 1. The minimum absolute atomic E-state index is 0.0987. The third-order valence-corrected chi connectivity index (χ3v) is 2.44. The third kappa shape index (κ3) is 2.95. The van der Waals surface area contributed by atoms with Crippen LogP contribution in [0.4, 0.5) is 11.5 Å². The van der Waals surface area contributed by atoms with Gasteiger partial charge < -0.3 is 4.42 Å². The van der Waals surface area contributed by atoms with Crippen LogP contribution < -0.4 is 5.43 Å². The SMILES string of the molecule is Cc1cc(/C=N/Nc2ncccc2[N+](=O)[O-])c(C)o1. The van der Waals surface area contributed by atoms with Crippen LogP contribution in [0.3, 0.4) is 0 Å². The summed E-state index contributed by atoms with van der Waals surface area (Å²) < 4.78 is 5.34. The number of hydrazone groups is 1. The molecule has 0 spiro atoms. The highest BCUT2D eigenvalue weighted by molar-refractivity contribution is 5.81. The Hall–Kier alpha value is -2.70. The van der Waals surface area contributed by atoms with Crippen molar-refractivity contribution in [3.63, 3.8) is 0 Å². The highest BCUT2D eigenvalue weighted by Crippen LogP contribution is 2.20. The first-order valence-corrected chi connectivity index (χ1v) is 5.53. The minimum Gasteiger partial charge on any atom is -0.466 e. The van der Waals surface area contributed by atoms with Crippen molar-refractivity contribution in [2.45, 2.75) is 13.8 Å². The van der Waals surface area contributed by atoms with Gasteiger partial charge in [0.05, 0.1) is 11.1 Å². The van der Waals surface area contributed by atoms with Gasteiger partial charge in [-0.1, -0.05) is 0 Å². The monoisotopic (exact) mass is 260 g/mol. The predicted molar refractivity (Wildman–Crippen MR) is 70.3 cm³/mol. The number of nitrogens with one attached hydrogen (secondary N) is 1. The number of rotatable bonds is 4. The molecular formula is C12H12N4O3. The lowest BCUT2D eigenvalue weighted by atomic mass is 10.3. The number of hydrogen-bond donors (Lipinski definition) is 1. The molecule has 0 radical (unpaired) electrons. The quantitative estimate of drug-likeness (QED) is 0.518. The molecule has 0 fully saturated rings. The van der Waals surface area contributed by atoms with Crippen molar-refractivity contribution in [2.24, 2.45) is 5.10 Å². The Morgan fingerprint density at radius 2 is 2.32 bits per heavy atom. The Labute approximate surface area is 109 Å². The van der Waals surface area contributed by atoms with Gasteiger partial charge in [-0.2, -0.15) is 5.10 Å². The number of furan rings is 1. The van der Waals surface area contributed by atoms with E-state index in [0.717, 1.165) is 17.1 Å². The molecule has 0 aliphatic carbocycles. The van der Waals surface area contributed by atoms with Crippen molar-refractivity contribution < 1.29 is 9.34 Å². The summed E-state index contributed by atoms with van der Waals surface area (Å²) in [5.41, 5.74) is 3.24. The van der Waals surface area contributed by atoms with E-state index in [-0.39, 0.29) is 11.5 Å². The fourth-order valence-electron chi connectivity index (χ4n) is 1.57. The lowest BCUT2D eigenvalue weighted by Gasteiger charge is -1.99. The zero-order valence-corrected chi connectivity index (χ0v) is 10.5. The van der Waals surface area contributed by atoms with Crippen molar-refractivity contribution in [1.82, 2.24) is 4.98 Å². The number of aryl methyl sites for hydroxylation is 2. The molecule has 1 N–H and O–H groups in total. The van der Waals surface area contributed by atoms with Crippen LogP contribution in [0.2, 0.25) is 0 Å². The van der Waals surface area contributed by atoms with E-state index < -0.39 is 4.92 Å². The van der Waals surface area contributed by atoms with E-state index in [1.807, 2.05) is 19.9 Å². The molecule has 0 saturated carbocycles. The molecule has 98 valence electrons. The fourth-order valence-corrected chi connectivity index (χ4v) is 1.57. The second-order valence-corrected chi connectivity index (χ2v) is 3.87. The van der Waals surface area contributed by atoms with Crippen molar-refractivity contribution in [2.75, 3.05) is 5.43 Å². The number of aromatic nitrogens is 1. The van der Waals surface area contributed by atoms with Gasteiger partial charge >= 0.3 is 5.69 Å². The van der Waals surface area contributed by atoms with E-state index in [0.29, 0.717) is 0 Å². The summed E-state index contributed by atoms with van der Waals surface area (Å²) in [5.74, 6) is 1.61. The third-order valence-electron chi connectivity index (χ3n) is 2.44. The van der Waals surface area contributed by atoms with Gasteiger partial charge in [0.2, 0.25) is 5.82 Å². The average molecular weight is 260 g/mol. The topological polar surface area (TPSA) is 93.6 Å². The summed E-state index contributed by atoms with van der Waals surface area (Å²) in [4.78, 5) is 14.1. The van der Waals surface area contributed by atoms with Crippen LogP contribution in [-0.2, 0) is 0 Å². The predicted octanol–water partition coefficient (Wildman–Crippen LogP) is 2.65. The van der Waals surface area contributed by atoms with Crippen LogP contribution >= 0.6 is 0 Å². The first-order chi connectivity index (χ1) is 9.08.